The number of anilines is 1. The van der Waals surface area contributed by atoms with Crippen molar-refractivity contribution in [2.75, 3.05) is 18.1 Å². The van der Waals surface area contributed by atoms with Crippen LogP contribution in [0.1, 0.15) is 64.4 Å². The van der Waals surface area contributed by atoms with Crippen molar-refractivity contribution < 1.29 is 23.8 Å². The number of nitrogens with zero attached hydrogens (tertiary/aromatic N) is 3. The first-order chi connectivity index (χ1) is 21.0. The summed E-state index contributed by atoms with van der Waals surface area (Å²) < 4.78 is 19.6. The third-order valence-corrected chi connectivity index (χ3v) is 7.67. The Labute approximate surface area is 272 Å². The number of halogens is 2. The van der Waals surface area contributed by atoms with E-state index in [-0.39, 0.29) is 31.8 Å². The molecule has 0 bridgehead atoms. The number of amides is 1. The molecule has 234 valence electrons. The van der Waals surface area contributed by atoms with Crippen LogP contribution in [-0.2, 0) is 27.3 Å². The van der Waals surface area contributed by atoms with Crippen LogP contribution in [0.5, 0.6) is 11.5 Å². The van der Waals surface area contributed by atoms with Crippen LogP contribution < -0.4 is 14.4 Å². The van der Waals surface area contributed by atoms with Gasteiger partial charge in [-0.15, -0.1) is 0 Å². The lowest BCUT2D eigenvalue weighted by Crippen LogP contribution is -2.31. The van der Waals surface area contributed by atoms with Gasteiger partial charge < -0.3 is 23.5 Å². The van der Waals surface area contributed by atoms with E-state index < -0.39 is 5.97 Å². The fourth-order valence-corrected chi connectivity index (χ4v) is 5.49. The second kappa shape index (κ2) is 15.4. The van der Waals surface area contributed by atoms with Gasteiger partial charge in [0, 0.05) is 35.1 Å². The molecule has 1 amide bonds. The maximum Gasteiger partial charge on any atom is 0.344 e. The van der Waals surface area contributed by atoms with Crippen molar-refractivity contribution in [3.63, 3.8) is 0 Å². The predicted octanol–water partition coefficient (Wildman–Crippen LogP) is 8.04. The Morgan fingerprint density at radius 3 is 2.57 bits per heavy atom. The number of rotatable bonds is 14. The molecule has 0 atom stereocenters. The normalized spacial score (nSPS) is 11.3. The zero-order chi connectivity index (χ0) is 31.8. The average molecular weight is 685 g/mol. The van der Waals surface area contributed by atoms with Crippen molar-refractivity contribution in [1.82, 2.24) is 9.38 Å². The van der Waals surface area contributed by atoms with Crippen LogP contribution in [0.25, 0.3) is 5.65 Å². The summed E-state index contributed by atoms with van der Waals surface area (Å²) in [7, 11) is 0. The number of carbonyl (C=O) groups is 2. The van der Waals surface area contributed by atoms with E-state index in [9.17, 15) is 9.59 Å². The zero-order valence-corrected chi connectivity index (χ0v) is 28.2. The van der Waals surface area contributed by atoms with Crippen molar-refractivity contribution in [2.24, 2.45) is 5.92 Å². The Hall–Kier alpha value is -3.56. The number of aromatic nitrogens is 2. The van der Waals surface area contributed by atoms with E-state index in [1.165, 1.54) is 0 Å². The lowest BCUT2D eigenvalue weighted by Gasteiger charge is -2.25. The Morgan fingerprint density at radius 2 is 1.86 bits per heavy atom. The molecule has 2 aromatic heterocycles. The molecule has 44 heavy (non-hydrogen) atoms. The summed E-state index contributed by atoms with van der Waals surface area (Å²) in [6.07, 6.45) is 3.50. The van der Waals surface area contributed by atoms with E-state index in [4.69, 9.17) is 30.8 Å². The summed E-state index contributed by atoms with van der Waals surface area (Å²) >= 11 is 10.4. The Kier molecular flexibility index (Phi) is 11.7. The molecular formula is C34H39BrClN3O5. The summed E-state index contributed by atoms with van der Waals surface area (Å²) in [6.45, 7) is 10.2. The average Bonchev–Trinajstić information content (AvgIpc) is 3.31. The van der Waals surface area contributed by atoms with Crippen molar-refractivity contribution in [3.05, 3.63) is 87.2 Å². The molecule has 0 fully saturated rings. The Balaban J connectivity index is 1.74. The molecule has 0 aliphatic rings. The topological polar surface area (TPSA) is 82.4 Å². The van der Waals surface area contributed by atoms with Crippen LogP contribution in [0.4, 0.5) is 5.69 Å². The van der Waals surface area contributed by atoms with Gasteiger partial charge in [-0.25, -0.2) is 9.78 Å². The van der Waals surface area contributed by atoms with Crippen LogP contribution >= 0.6 is 27.5 Å². The fourth-order valence-electron chi connectivity index (χ4n) is 4.81. The Morgan fingerprint density at radius 1 is 1.07 bits per heavy atom. The monoisotopic (exact) mass is 683 g/mol. The highest BCUT2D eigenvalue weighted by molar-refractivity contribution is 9.10. The molecule has 0 radical (unpaired) electrons. The van der Waals surface area contributed by atoms with E-state index in [2.05, 4.69) is 29.8 Å². The summed E-state index contributed by atoms with van der Waals surface area (Å²) in [5, 5.41) is 0.424. The minimum Gasteiger partial charge on any atom is -0.491 e. The standard InChI is InChI=1S/C34H39BrClN3O5/c1-6-42-34(41)21-43-31-14-11-25(35)17-24(31)18-30-28(37-32-9-7-8-16-38(30)32)20-39(33(40)15-10-22(2)3)29-13-12-26(19-27(29)36)44-23(4)5/h7-9,11-14,16-17,19,22-23H,6,10,15,18,20-21H2,1-5H3. The molecule has 0 N–H and O–H groups in total. The van der Waals surface area contributed by atoms with E-state index >= 15 is 0 Å². The van der Waals surface area contributed by atoms with Gasteiger partial charge in [0.15, 0.2) is 6.61 Å². The molecule has 2 heterocycles. The van der Waals surface area contributed by atoms with Crippen molar-refractivity contribution in [1.29, 1.82) is 0 Å². The van der Waals surface area contributed by atoms with Crippen molar-refractivity contribution >= 4 is 50.7 Å². The smallest absolute Gasteiger partial charge is 0.344 e. The van der Waals surface area contributed by atoms with Crippen LogP contribution in [0.15, 0.2) is 65.3 Å². The molecule has 2 aromatic carbocycles. The number of pyridine rings is 1. The number of imidazole rings is 1. The van der Waals surface area contributed by atoms with Crippen LogP contribution in [0, 0.1) is 5.92 Å². The highest BCUT2D eigenvalue weighted by atomic mass is 79.9. The quantitative estimate of drug-likeness (QED) is 0.125. The summed E-state index contributed by atoms with van der Waals surface area (Å²) in [5.41, 5.74) is 3.81. The first-order valence-corrected chi connectivity index (χ1v) is 16.0. The number of esters is 1. The van der Waals surface area contributed by atoms with Gasteiger partial charge in [-0.1, -0.05) is 47.4 Å². The highest BCUT2D eigenvalue weighted by Crippen LogP contribution is 2.34. The molecule has 0 spiro atoms. The molecule has 0 aliphatic heterocycles. The number of carbonyl (C=O) groups excluding carboxylic acids is 2. The van der Waals surface area contributed by atoms with Gasteiger partial charge in [-0.2, -0.15) is 0 Å². The van der Waals surface area contributed by atoms with Crippen molar-refractivity contribution in [2.45, 2.75) is 66.5 Å². The second-order valence-corrected chi connectivity index (χ2v) is 12.5. The largest absolute Gasteiger partial charge is 0.491 e. The number of ether oxygens (including phenoxy) is 3. The Bertz CT molecular complexity index is 1600. The van der Waals surface area contributed by atoms with Crippen LogP contribution in [0.2, 0.25) is 5.02 Å². The first kappa shape index (κ1) is 33.3. The molecule has 0 unspecified atom stereocenters. The maximum atomic E-state index is 13.8. The third-order valence-electron chi connectivity index (χ3n) is 6.87. The molecule has 0 aliphatic carbocycles. The first-order valence-electron chi connectivity index (χ1n) is 14.8. The fraction of sp³-hybridized carbons (Fsp3) is 0.382. The van der Waals surface area contributed by atoms with Gasteiger partial charge in [-0.3, -0.25) is 4.79 Å². The van der Waals surface area contributed by atoms with Crippen LogP contribution in [0.3, 0.4) is 0 Å². The van der Waals surface area contributed by atoms with Crippen molar-refractivity contribution in [3.8, 4) is 11.5 Å². The highest BCUT2D eigenvalue weighted by Gasteiger charge is 2.24. The van der Waals surface area contributed by atoms with E-state index in [0.29, 0.717) is 41.0 Å². The van der Waals surface area contributed by atoms with Gasteiger partial charge in [0.1, 0.15) is 17.1 Å². The summed E-state index contributed by atoms with van der Waals surface area (Å²) in [4.78, 5) is 32.5. The van der Waals surface area contributed by atoms with E-state index in [0.717, 1.165) is 33.5 Å². The van der Waals surface area contributed by atoms with E-state index in [1.807, 2.05) is 73.0 Å². The number of hydrogen-bond acceptors (Lipinski definition) is 6. The summed E-state index contributed by atoms with van der Waals surface area (Å²) in [6, 6.07) is 16.9. The van der Waals surface area contributed by atoms with Gasteiger partial charge in [0.25, 0.3) is 0 Å². The maximum absolute atomic E-state index is 13.8. The van der Waals surface area contributed by atoms with Gasteiger partial charge in [-0.05, 0) is 75.6 Å². The SMILES string of the molecule is CCOC(=O)COc1ccc(Br)cc1Cc1c(CN(C(=O)CCC(C)C)c2ccc(OC(C)C)cc2Cl)nc2ccccn12. The number of benzene rings is 2. The number of fused-ring (bicyclic) bond motifs is 1. The van der Waals surface area contributed by atoms with Gasteiger partial charge in [0.05, 0.1) is 41.4 Å². The minimum absolute atomic E-state index is 0.00888. The minimum atomic E-state index is -0.436. The van der Waals surface area contributed by atoms with Gasteiger partial charge in [0.2, 0.25) is 5.91 Å². The van der Waals surface area contributed by atoms with E-state index in [1.54, 1.807) is 17.9 Å². The zero-order valence-electron chi connectivity index (χ0n) is 25.8. The lowest BCUT2D eigenvalue weighted by atomic mass is 10.1. The predicted molar refractivity (Wildman–Crippen MR) is 177 cm³/mol. The molecule has 4 rings (SSSR count). The number of hydrogen-bond donors (Lipinski definition) is 0. The third kappa shape index (κ3) is 8.76. The lowest BCUT2D eigenvalue weighted by molar-refractivity contribution is -0.145. The second-order valence-electron chi connectivity index (χ2n) is 11.1. The molecule has 0 saturated carbocycles. The molecule has 0 saturated heterocycles. The van der Waals surface area contributed by atoms with Crippen LogP contribution in [-0.4, -0.2) is 40.6 Å². The summed E-state index contributed by atoms with van der Waals surface area (Å²) in [5.74, 6) is 1.10. The molecule has 4 aromatic rings. The molecule has 10 heteroatoms. The molecular weight excluding hydrogens is 646 g/mol. The van der Waals surface area contributed by atoms with Gasteiger partial charge >= 0.3 is 5.97 Å². The molecule has 8 nitrogen and oxygen atoms in total.